The van der Waals surface area contributed by atoms with E-state index in [0.29, 0.717) is 17.0 Å². The van der Waals surface area contributed by atoms with Gasteiger partial charge in [-0.3, -0.25) is 9.59 Å². The van der Waals surface area contributed by atoms with Crippen molar-refractivity contribution in [2.75, 3.05) is 5.32 Å². The maximum absolute atomic E-state index is 12.4. The van der Waals surface area contributed by atoms with Crippen molar-refractivity contribution in [3.05, 3.63) is 76.0 Å². The molecule has 0 atom stereocenters. The summed E-state index contributed by atoms with van der Waals surface area (Å²) in [7, 11) is 0. The molecule has 1 N–H and O–H groups in total. The molecule has 0 aliphatic rings. The average Bonchev–Trinajstić information content (AvgIpc) is 3.07. The fourth-order valence-electron chi connectivity index (χ4n) is 2.39. The second kappa shape index (κ2) is 7.07. The van der Waals surface area contributed by atoms with Gasteiger partial charge >= 0.3 is 0 Å². The molecule has 4 nitrogen and oxygen atoms in total. The summed E-state index contributed by atoms with van der Waals surface area (Å²) < 4.78 is 6.47. The van der Waals surface area contributed by atoms with Gasteiger partial charge in [-0.25, -0.2) is 0 Å². The first kappa shape index (κ1) is 17.2. The van der Waals surface area contributed by atoms with E-state index in [1.54, 1.807) is 36.4 Å². The van der Waals surface area contributed by atoms with Crippen molar-refractivity contribution < 1.29 is 14.0 Å². The van der Waals surface area contributed by atoms with E-state index in [-0.39, 0.29) is 17.5 Å². The lowest BCUT2D eigenvalue weighted by molar-refractivity contribution is 0.0994. The molecular formula is C20H16BrNO3. The molecule has 0 radical (unpaired) electrons. The van der Waals surface area contributed by atoms with Gasteiger partial charge in [-0.2, -0.15) is 0 Å². The third kappa shape index (κ3) is 3.88. The van der Waals surface area contributed by atoms with E-state index in [0.717, 1.165) is 15.6 Å². The zero-order chi connectivity index (χ0) is 18.0. The zero-order valence-electron chi connectivity index (χ0n) is 13.8. The normalized spacial score (nSPS) is 10.5. The smallest absolute Gasteiger partial charge is 0.291 e. The Bertz CT molecular complexity index is 942. The van der Waals surface area contributed by atoms with Crippen LogP contribution in [0.4, 0.5) is 5.69 Å². The highest BCUT2D eigenvalue weighted by Gasteiger charge is 2.14. The number of hydrogen-bond donors (Lipinski definition) is 1. The summed E-state index contributed by atoms with van der Waals surface area (Å²) >= 11 is 3.44. The molecular weight excluding hydrogens is 382 g/mol. The Labute approximate surface area is 154 Å². The molecule has 3 aromatic rings. The number of Topliss-reactive ketones (excluding diaryl/α,β-unsaturated/α-hetero) is 1. The number of aryl methyl sites for hydroxylation is 1. The van der Waals surface area contributed by atoms with Crippen molar-refractivity contribution in [2.24, 2.45) is 0 Å². The largest absolute Gasteiger partial charge is 0.451 e. The summed E-state index contributed by atoms with van der Waals surface area (Å²) in [5.41, 5.74) is 3.22. The van der Waals surface area contributed by atoms with Crippen LogP contribution in [-0.2, 0) is 0 Å². The highest BCUT2D eigenvalue weighted by Crippen LogP contribution is 2.26. The van der Waals surface area contributed by atoms with E-state index in [1.807, 2.05) is 25.1 Å². The zero-order valence-corrected chi connectivity index (χ0v) is 15.4. The fraction of sp³-hybridized carbons (Fsp3) is 0.100. The van der Waals surface area contributed by atoms with Crippen LogP contribution in [0.15, 0.2) is 63.5 Å². The summed E-state index contributed by atoms with van der Waals surface area (Å²) in [4.78, 5) is 23.7. The first-order valence-corrected chi connectivity index (χ1v) is 8.52. The van der Waals surface area contributed by atoms with Crippen molar-refractivity contribution in [1.29, 1.82) is 0 Å². The highest BCUT2D eigenvalue weighted by molar-refractivity contribution is 9.10. The molecule has 2 aromatic carbocycles. The van der Waals surface area contributed by atoms with E-state index in [4.69, 9.17) is 4.42 Å². The molecule has 0 saturated heterocycles. The lowest BCUT2D eigenvalue weighted by atomic mass is 10.1. The number of nitrogens with one attached hydrogen (secondary N) is 1. The Morgan fingerprint density at radius 1 is 1.00 bits per heavy atom. The lowest BCUT2D eigenvalue weighted by Gasteiger charge is -2.06. The molecule has 0 bridgehead atoms. The van der Waals surface area contributed by atoms with E-state index >= 15 is 0 Å². The van der Waals surface area contributed by atoms with Crippen molar-refractivity contribution in [1.82, 2.24) is 0 Å². The summed E-state index contributed by atoms with van der Waals surface area (Å²) in [6.45, 7) is 3.50. The van der Waals surface area contributed by atoms with E-state index in [2.05, 4.69) is 21.2 Å². The number of halogens is 1. The summed E-state index contributed by atoms with van der Waals surface area (Å²) in [5.74, 6) is 0.479. The molecule has 0 aliphatic carbocycles. The summed E-state index contributed by atoms with van der Waals surface area (Å²) in [6.07, 6.45) is 0. The minimum atomic E-state index is -0.323. The van der Waals surface area contributed by atoms with Crippen LogP contribution in [0.5, 0.6) is 0 Å². The van der Waals surface area contributed by atoms with Gasteiger partial charge in [0.25, 0.3) is 5.91 Å². The van der Waals surface area contributed by atoms with Gasteiger partial charge in [0.1, 0.15) is 5.76 Å². The monoisotopic (exact) mass is 397 g/mol. The lowest BCUT2D eigenvalue weighted by Crippen LogP contribution is -2.11. The Balaban J connectivity index is 1.78. The van der Waals surface area contributed by atoms with Crippen molar-refractivity contribution in [3.8, 4) is 11.3 Å². The molecule has 3 rings (SSSR count). The number of hydrogen-bond acceptors (Lipinski definition) is 3. The Kier molecular flexibility index (Phi) is 4.86. The molecule has 0 unspecified atom stereocenters. The summed E-state index contributed by atoms with van der Waals surface area (Å²) in [6, 6.07) is 16.1. The van der Waals surface area contributed by atoms with Gasteiger partial charge in [0.05, 0.1) is 5.69 Å². The first-order valence-electron chi connectivity index (χ1n) is 7.73. The number of amides is 1. The maximum Gasteiger partial charge on any atom is 0.291 e. The fourth-order valence-corrected chi connectivity index (χ4v) is 2.98. The van der Waals surface area contributed by atoms with Crippen LogP contribution in [0.2, 0.25) is 0 Å². The number of anilines is 1. The molecule has 1 heterocycles. The van der Waals surface area contributed by atoms with Crippen molar-refractivity contribution >= 4 is 33.3 Å². The first-order chi connectivity index (χ1) is 11.9. The van der Waals surface area contributed by atoms with Crippen LogP contribution >= 0.6 is 15.9 Å². The molecule has 1 aromatic heterocycles. The molecule has 0 fully saturated rings. The van der Waals surface area contributed by atoms with Crippen molar-refractivity contribution in [2.45, 2.75) is 13.8 Å². The number of carbonyl (C=O) groups excluding carboxylic acids is 2. The van der Waals surface area contributed by atoms with E-state index < -0.39 is 0 Å². The van der Waals surface area contributed by atoms with Crippen LogP contribution in [0.3, 0.4) is 0 Å². The van der Waals surface area contributed by atoms with Gasteiger partial charge in [0, 0.05) is 15.6 Å². The van der Waals surface area contributed by atoms with Gasteiger partial charge < -0.3 is 9.73 Å². The Morgan fingerprint density at radius 3 is 2.36 bits per heavy atom. The number of furan rings is 1. The predicted molar refractivity (Wildman–Crippen MR) is 101 cm³/mol. The minimum Gasteiger partial charge on any atom is -0.451 e. The van der Waals surface area contributed by atoms with Crippen LogP contribution in [0.25, 0.3) is 11.3 Å². The van der Waals surface area contributed by atoms with Gasteiger partial charge in [-0.15, -0.1) is 0 Å². The van der Waals surface area contributed by atoms with Crippen LogP contribution in [-0.4, -0.2) is 11.7 Å². The number of benzene rings is 2. The standard InChI is InChI=1S/C20H16BrNO3/c1-12-3-8-17(16(21)11-12)22-20(24)19-10-9-18(25-19)15-6-4-14(5-7-15)13(2)23/h3-11H,1-2H3,(H,22,24). The minimum absolute atomic E-state index is 0.00902. The highest BCUT2D eigenvalue weighted by atomic mass is 79.9. The van der Waals surface area contributed by atoms with Gasteiger partial charge in [0.2, 0.25) is 0 Å². The quantitative estimate of drug-likeness (QED) is 0.593. The van der Waals surface area contributed by atoms with E-state index in [9.17, 15) is 9.59 Å². The topological polar surface area (TPSA) is 59.3 Å². The Hall–Kier alpha value is -2.66. The SMILES string of the molecule is CC(=O)c1ccc(-c2ccc(C(=O)Nc3ccc(C)cc3Br)o2)cc1. The molecule has 1 amide bonds. The maximum atomic E-state index is 12.4. The Morgan fingerprint density at radius 2 is 1.72 bits per heavy atom. The number of ketones is 1. The second-order valence-corrected chi connectivity index (χ2v) is 6.59. The number of rotatable bonds is 4. The van der Waals surface area contributed by atoms with Crippen LogP contribution in [0.1, 0.15) is 33.4 Å². The van der Waals surface area contributed by atoms with E-state index in [1.165, 1.54) is 6.92 Å². The molecule has 126 valence electrons. The third-order valence-electron chi connectivity index (χ3n) is 3.78. The molecule has 0 aliphatic heterocycles. The summed E-state index contributed by atoms with van der Waals surface area (Å²) in [5, 5.41) is 2.82. The molecule has 0 saturated carbocycles. The van der Waals surface area contributed by atoms with Crippen LogP contribution in [0, 0.1) is 6.92 Å². The average molecular weight is 398 g/mol. The van der Waals surface area contributed by atoms with Gasteiger partial charge in [0.15, 0.2) is 11.5 Å². The predicted octanol–water partition coefficient (Wildman–Crippen LogP) is 5.47. The molecule has 5 heteroatoms. The van der Waals surface area contributed by atoms with Gasteiger partial charge in [-0.05, 0) is 59.6 Å². The third-order valence-corrected chi connectivity index (χ3v) is 4.43. The number of carbonyl (C=O) groups is 2. The van der Waals surface area contributed by atoms with Crippen molar-refractivity contribution in [3.63, 3.8) is 0 Å². The van der Waals surface area contributed by atoms with Gasteiger partial charge in [-0.1, -0.05) is 30.3 Å². The second-order valence-electron chi connectivity index (χ2n) is 5.73. The molecule has 25 heavy (non-hydrogen) atoms. The van der Waals surface area contributed by atoms with Crippen LogP contribution < -0.4 is 5.32 Å². The molecule has 0 spiro atoms.